The van der Waals surface area contributed by atoms with Crippen molar-refractivity contribution in [2.45, 2.75) is 32.4 Å². The molecule has 1 aliphatic rings. The van der Waals surface area contributed by atoms with E-state index in [-0.39, 0.29) is 0 Å². The fraction of sp³-hybridized carbons (Fsp3) is 0.692. The zero-order valence-electron chi connectivity index (χ0n) is 10.3. The Bertz CT molecular complexity index is 300. The van der Waals surface area contributed by atoms with Crippen molar-refractivity contribution in [2.24, 2.45) is 0 Å². The predicted octanol–water partition coefficient (Wildman–Crippen LogP) is 1.69. The first kappa shape index (κ1) is 11.7. The average molecular weight is 221 g/mol. The first-order chi connectivity index (χ1) is 7.88. The lowest BCUT2D eigenvalue weighted by atomic mass is 10.3. The van der Waals surface area contributed by atoms with Crippen LogP contribution in [0.15, 0.2) is 18.5 Å². The molecule has 0 aromatic carbocycles. The molecule has 0 atom stereocenters. The fourth-order valence-electron chi connectivity index (χ4n) is 2.42. The summed E-state index contributed by atoms with van der Waals surface area (Å²) in [7, 11) is 1.99. The van der Waals surface area contributed by atoms with Gasteiger partial charge < -0.3 is 14.8 Å². The van der Waals surface area contributed by atoms with Crippen molar-refractivity contribution in [3.63, 3.8) is 0 Å². The minimum atomic E-state index is 0.971. The summed E-state index contributed by atoms with van der Waals surface area (Å²) in [5, 5.41) is 3.18. The van der Waals surface area contributed by atoms with Crippen LogP contribution >= 0.6 is 0 Å². The standard InChI is InChI=1S/C13H23N3/c1-14-11-13-5-10-16(12-13)9-4-8-15-6-2-3-7-15/h5,10,12,14H,2-4,6-9,11H2,1H3. The Labute approximate surface area is 98.4 Å². The van der Waals surface area contributed by atoms with Gasteiger partial charge in [-0.3, -0.25) is 0 Å². The summed E-state index contributed by atoms with van der Waals surface area (Å²) in [5.74, 6) is 0. The van der Waals surface area contributed by atoms with E-state index in [0.717, 1.165) is 13.1 Å². The summed E-state index contributed by atoms with van der Waals surface area (Å²) in [6, 6.07) is 2.20. The van der Waals surface area contributed by atoms with Crippen molar-refractivity contribution in [2.75, 3.05) is 26.7 Å². The van der Waals surface area contributed by atoms with Crippen molar-refractivity contribution >= 4 is 0 Å². The summed E-state index contributed by atoms with van der Waals surface area (Å²) in [4.78, 5) is 2.58. The molecule has 1 N–H and O–H groups in total. The molecule has 0 unspecified atom stereocenters. The summed E-state index contributed by atoms with van der Waals surface area (Å²) in [6.07, 6.45) is 8.51. The number of hydrogen-bond donors (Lipinski definition) is 1. The van der Waals surface area contributed by atoms with Crippen molar-refractivity contribution in [1.82, 2.24) is 14.8 Å². The van der Waals surface area contributed by atoms with Gasteiger partial charge in [0.05, 0.1) is 0 Å². The van der Waals surface area contributed by atoms with E-state index >= 15 is 0 Å². The molecule has 2 rings (SSSR count). The van der Waals surface area contributed by atoms with E-state index in [1.54, 1.807) is 0 Å². The first-order valence-electron chi connectivity index (χ1n) is 6.40. The van der Waals surface area contributed by atoms with Gasteiger partial charge in [0.15, 0.2) is 0 Å². The topological polar surface area (TPSA) is 20.2 Å². The molecule has 1 fully saturated rings. The maximum absolute atomic E-state index is 3.18. The Hall–Kier alpha value is -0.800. The SMILES string of the molecule is CNCc1ccn(CCCN2CCCC2)c1. The van der Waals surface area contributed by atoms with Crippen molar-refractivity contribution in [3.8, 4) is 0 Å². The van der Waals surface area contributed by atoms with Crippen molar-refractivity contribution < 1.29 is 0 Å². The van der Waals surface area contributed by atoms with Gasteiger partial charge in [-0.05, 0) is 57.6 Å². The maximum atomic E-state index is 3.18. The highest BCUT2D eigenvalue weighted by Crippen LogP contribution is 2.08. The molecule has 0 spiro atoms. The van der Waals surface area contributed by atoms with E-state index in [2.05, 4.69) is 33.2 Å². The third-order valence-corrected chi connectivity index (χ3v) is 3.28. The van der Waals surface area contributed by atoms with Crippen LogP contribution in [0.3, 0.4) is 0 Å². The molecule has 0 amide bonds. The third-order valence-electron chi connectivity index (χ3n) is 3.28. The molecule has 0 aliphatic carbocycles. The number of likely N-dealkylation sites (tertiary alicyclic amines) is 1. The van der Waals surface area contributed by atoms with Crippen LogP contribution < -0.4 is 5.32 Å². The molecular weight excluding hydrogens is 198 g/mol. The fourth-order valence-corrected chi connectivity index (χ4v) is 2.42. The minimum Gasteiger partial charge on any atom is -0.354 e. The molecule has 1 aromatic heterocycles. The van der Waals surface area contributed by atoms with Gasteiger partial charge in [0.2, 0.25) is 0 Å². The van der Waals surface area contributed by atoms with Crippen LogP contribution in [0, 0.1) is 0 Å². The van der Waals surface area contributed by atoms with Crippen LogP contribution in [0.2, 0.25) is 0 Å². The molecule has 3 heteroatoms. The Morgan fingerprint density at radius 2 is 2.06 bits per heavy atom. The van der Waals surface area contributed by atoms with Crippen LogP contribution in [0.1, 0.15) is 24.8 Å². The van der Waals surface area contributed by atoms with E-state index in [0.29, 0.717) is 0 Å². The maximum Gasteiger partial charge on any atom is 0.0231 e. The largest absolute Gasteiger partial charge is 0.354 e. The summed E-state index contributed by atoms with van der Waals surface area (Å²) in [5.41, 5.74) is 1.38. The van der Waals surface area contributed by atoms with E-state index in [1.165, 1.54) is 44.5 Å². The van der Waals surface area contributed by atoms with Gasteiger partial charge in [-0.1, -0.05) is 0 Å². The second-order valence-electron chi connectivity index (χ2n) is 4.69. The lowest BCUT2D eigenvalue weighted by Gasteiger charge is -2.14. The van der Waals surface area contributed by atoms with Crippen LogP contribution in [-0.2, 0) is 13.1 Å². The smallest absolute Gasteiger partial charge is 0.0231 e. The highest BCUT2D eigenvalue weighted by atomic mass is 15.1. The zero-order chi connectivity index (χ0) is 11.2. The second-order valence-corrected chi connectivity index (χ2v) is 4.69. The molecule has 90 valence electrons. The first-order valence-corrected chi connectivity index (χ1v) is 6.40. The lowest BCUT2D eigenvalue weighted by molar-refractivity contribution is 0.325. The van der Waals surface area contributed by atoms with Gasteiger partial charge >= 0.3 is 0 Å². The molecule has 0 saturated carbocycles. The molecule has 0 radical (unpaired) electrons. The number of nitrogens with one attached hydrogen (secondary N) is 1. The summed E-state index contributed by atoms with van der Waals surface area (Å²) in [6.45, 7) is 6.02. The molecule has 3 nitrogen and oxygen atoms in total. The lowest BCUT2D eigenvalue weighted by Crippen LogP contribution is -2.21. The Kier molecular flexibility index (Phi) is 4.43. The van der Waals surface area contributed by atoms with E-state index in [1.807, 2.05) is 7.05 Å². The summed E-state index contributed by atoms with van der Waals surface area (Å²) >= 11 is 0. The Morgan fingerprint density at radius 3 is 2.81 bits per heavy atom. The molecule has 1 saturated heterocycles. The predicted molar refractivity (Wildman–Crippen MR) is 67.5 cm³/mol. The van der Waals surface area contributed by atoms with E-state index < -0.39 is 0 Å². The molecule has 16 heavy (non-hydrogen) atoms. The number of rotatable bonds is 6. The third kappa shape index (κ3) is 3.35. The van der Waals surface area contributed by atoms with Gasteiger partial charge in [0.25, 0.3) is 0 Å². The van der Waals surface area contributed by atoms with E-state index in [9.17, 15) is 0 Å². The van der Waals surface area contributed by atoms with E-state index in [4.69, 9.17) is 0 Å². The van der Waals surface area contributed by atoms with Gasteiger partial charge in [-0.2, -0.15) is 0 Å². The monoisotopic (exact) mass is 221 g/mol. The number of aryl methyl sites for hydroxylation is 1. The van der Waals surface area contributed by atoms with Gasteiger partial charge in [-0.25, -0.2) is 0 Å². The van der Waals surface area contributed by atoms with Crippen LogP contribution in [-0.4, -0.2) is 36.1 Å². The average Bonchev–Trinajstić information content (AvgIpc) is 2.90. The Balaban J connectivity index is 1.67. The van der Waals surface area contributed by atoms with Gasteiger partial charge in [0.1, 0.15) is 0 Å². The molecule has 1 aliphatic heterocycles. The van der Waals surface area contributed by atoms with Crippen molar-refractivity contribution in [1.29, 1.82) is 0 Å². The second kappa shape index (κ2) is 6.06. The highest BCUT2D eigenvalue weighted by molar-refractivity contribution is 5.09. The normalized spacial score (nSPS) is 17.1. The van der Waals surface area contributed by atoms with Crippen molar-refractivity contribution in [3.05, 3.63) is 24.0 Å². The van der Waals surface area contributed by atoms with Crippen LogP contribution in [0.25, 0.3) is 0 Å². The number of nitrogens with zero attached hydrogens (tertiary/aromatic N) is 2. The van der Waals surface area contributed by atoms with Crippen LogP contribution in [0.4, 0.5) is 0 Å². The molecule has 2 heterocycles. The number of aromatic nitrogens is 1. The Morgan fingerprint density at radius 1 is 1.25 bits per heavy atom. The van der Waals surface area contributed by atoms with Gasteiger partial charge in [0, 0.05) is 25.5 Å². The van der Waals surface area contributed by atoms with Crippen LogP contribution in [0.5, 0.6) is 0 Å². The zero-order valence-corrected chi connectivity index (χ0v) is 10.3. The van der Waals surface area contributed by atoms with Gasteiger partial charge in [-0.15, -0.1) is 0 Å². The number of hydrogen-bond acceptors (Lipinski definition) is 2. The molecular formula is C13H23N3. The molecule has 0 bridgehead atoms. The highest BCUT2D eigenvalue weighted by Gasteiger charge is 2.10. The minimum absolute atomic E-state index is 0.971. The summed E-state index contributed by atoms with van der Waals surface area (Å²) < 4.78 is 2.31. The quantitative estimate of drug-likeness (QED) is 0.789. The molecule has 1 aromatic rings.